The van der Waals surface area contributed by atoms with Crippen molar-refractivity contribution in [3.63, 3.8) is 0 Å². The fourth-order valence-electron chi connectivity index (χ4n) is 5.38. The first kappa shape index (κ1) is 29.7. The number of rotatable bonds is 11. The zero-order valence-electron chi connectivity index (χ0n) is 24.5. The summed E-state index contributed by atoms with van der Waals surface area (Å²) in [4.78, 5) is 41.9. The van der Waals surface area contributed by atoms with Crippen molar-refractivity contribution in [3.8, 4) is 11.1 Å². The fourth-order valence-corrected chi connectivity index (χ4v) is 5.38. The SMILES string of the molecule is CCOC(Cc1ccc(-c2cccc(CN(C)C(=O)c3ccccc3)c2)cc1)C(=O)N1C(=O)OCC1Cc1ccccc1. The molecule has 5 rings (SSSR count). The second-order valence-corrected chi connectivity index (χ2v) is 10.7. The van der Waals surface area contributed by atoms with E-state index in [9.17, 15) is 14.4 Å². The number of carbonyl (C=O) groups excluding carboxylic acids is 3. The third kappa shape index (κ3) is 7.37. The van der Waals surface area contributed by atoms with Crippen molar-refractivity contribution < 1.29 is 23.9 Å². The molecule has 0 N–H and O–H groups in total. The average molecular weight is 577 g/mol. The van der Waals surface area contributed by atoms with Gasteiger partial charge in [-0.15, -0.1) is 0 Å². The number of ether oxygens (including phenoxy) is 2. The summed E-state index contributed by atoms with van der Waals surface area (Å²) >= 11 is 0. The van der Waals surface area contributed by atoms with Crippen LogP contribution in [-0.4, -0.2) is 60.1 Å². The number of imide groups is 1. The third-order valence-corrected chi connectivity index (χ3v) is 7.58. The Morgan fingerprint density at radius 2 is 1.53 bits per heavy atom. The van der Waals surface area contributed by atoms with Gasteiger partial charge in [-0.2, -0.15) is 0 Å². The summed E-state index contributed by atoms with van der Waals surface area (Å²) in [5, 5.41) is 0. The van der Waals surface area contributed by atoms with Crippen molar-refractivity contribution in [2.45, 2.75) is 38.5 Å². The van der Waals surface area contributed by atoms with Gasteiger partial charge in [-0.05, 0) is 59.4 Å². The van der Waals surface area contributed by atoms with Gasteiger partial charge in [-0.1, -0.05) is 91.0 Å². The van der Waals surface area contributed by atoms with E-state index in [1.165, 1.54) is 4.90 Å². The summed E-state index contributed by atoms with van der Waals surface area (Å²) in [6, 6.07) is 34.8. The molecule has 0 aliphatic carbocycles. The average Bonchev–Trinajstić information content (AvgIpc) is 3.40. The van der Waals surface area contributed by atoms with E-state index in [0.717, 1.165) is 27.8 Å². The van der Waals surface area contributed by atoms with Crippen LogP contribution in [0, 0.1) is 0 Å². The number of hydrogen-bond acceptors (Lipinski definition) is 5. The van der Waals surface area contributed by atoms with Crippen molar-refractivity contribution in [2.24, 2.45) is 0 Å². The zero-order chi connectivity index (χ0) is 30.2. The van der Waals surface area contributed by atoms with Crippen LogP contribution in [0.25, 0.3) is 11.1 Å². The topological polar surface area (TPSA) is 76.2 Å². The van der Waals surface area contributed by atoms with Gasteiger partial charge in [-0.3, -0.25) is 9.59 Å². The molecule has 2 unspecified atom stereocenters. The van der Waals surface area contributed by atoms with E-state index < -0.39 is 12.2 Å². The van der Waals surface area contributed by atoms with Gasteiger partial charge >= 0.3 is 6.09 Å². The molecule has 4 aromatic carbocycles. The molecule has 0 bridgehead atoms. The molecular weight excluding hydrogens is 540 g/mol. The van der Waals surface area contributed by atoms with Gasteiger partial charge in [0.15, 0.2) is 0 Å². The molecule has 2 atom stereocenters. The Morgan fingerprint density at radius 1 is 0.860 bits per heavy atom. The second-order valence-electron chi connectivity index (χ2n) is 10.7. The van der Waals surface area contributed by atoms with Gasteiger partial charge in [0.05, 0.1) is 6.04 Å². The standard InChI is InChI=1S/C36H36N2O5/c1-3-42-33(35(40)38-32(25-43-36(38)41)22-26-11-6-4-7-12-26)23-27-17-19-29(20-18-27)31-16-10-13-28(21-31)24-37(2)34(39)30-14-8-5-9-15-30/h4-21,32-33H,3,22-25H2,1-2H3. The molecule has 43 heavy (non-hydrogen) atoms. The maximum absolute atomic E-state index is 13.6. The fraction of sp³-hybridized carbons (Fsp3) is 0.250. The Morgan fingerprint density at radius 3 is 2.23 bits per heavy atom. The van der Waals surface area contributed by atoms with Gasteiger partial charge in [0.2, 0.25) is 0 Å². The molecule has 1 aliphatic heterocycles. The third-order valence-electron chi connectivity index (χ3n) is 7.58. The Balaban J connectivity index is 1.25. The van der Waals surface area contributed by atoms with Crippen molar-refractivity contribution in [2.75, 3.05) is 20.3 Å². The van der Waals surface area contributed by atoms with Crippen molar-refractivity contribution >= 4 is 17.9 Å². The molecule has 7 heteroatoms. The molecular formula is C36H36N2O5. The quantitative estimate of drug-likeness (QED) is 0.214. The maximum atomic E-state index is 13.6. The molecule has 0 spiro atoms. The zero-order valence-corrected chi connectivity index (χ0v) is 24.5. The lowest BCUT2D eigenvalue weighted by Gasteiger charge is -2.25. The first-order chi connectivity index (χ1) is 20.9. The lowest BCUT2D eigenvalue weighted by Crippen LogP contribution is -2.47. The minimum Gasteiger partial charge on any atom is -0.447 e. The van der Waals surface area contributed by atoms with Crippen molar-refractivity contribution in [1.82, 2.24) is 9.80 Å². The molecule has 0 saturated carbocycles. The number of carbonyl (C=O) groups is 3. The molecule has 7 nitrogen and oxygen atoms in total. The molecule has 1 fully saturated rings. The molecule has 1 heterocycles. The van der Waals surface area contributed by atoms with Crippen LogP contribution in [0.2, 0.25) is 0 Å². The van der Waals surface area contributed by atoms with Gasteiger partial charge < -0.3 is 14.4 Å². The van der Waals surface area contributed by atoms with Crippen LogP contribution in [0.3, 0.4) is 0 Å². The second kappa shape index (κ2) is 13.9. The highest BCUT2D eigenvalue weighted by Crippen LogP contribution is 2.24. The summed E-state index contributed by atoms with van der Waals surface area (Å²) in [7, 11) is 1.80. The monoisotopic (exact) mass is 576 g/mol. The van der Waals surface area contributed by atoms with E-state index in [0.29, 0.717) is 31.6 Å². The Labute approximate surface area is 252 Å². The molecule has 220 valence electrons. The largest absolute Gasteiger partial charge is 0.447 e. The van der Waals surface area contributed by atoms with E-state index >= 15 is 0 Å². The van der Waals surface area contributed by atoms with E-state index in [4.69, 9.17) is 9.47 Å². The minimum atomic E-state index is -0.805. The highest BCUT2D eigenvalue weighted by molar-refractivity contribution is 5.96. The number of hydrogen-bond donors (Lipinski definition) is 0. The first-order valence-corrected chi connectivity index (χ1v) is 14.6. The van der Waals surface area contributed by atoms with Gasteiger partial charge in [0, 0.05) is 32.2 Å². The van der Waals surface area contributed by atoms with E-state index in [-0.39, 0.29) is 24.5 Å². The Hall–Kier alpha value is -4.75. The van der Waals surface area contributed by atoms with Crippen molar-refractivity contribution in [1.29, 1.82) is 0 Å². The summed E-state index contributed by atoms with van der Waals surface area (Å²) in [6.45, 7) is 2.84. The maximum Gasteiger partial charge on any atom is 0.417 e. The number of amides is 3. The Bertz CT molecular complexity index is 1540. The molecule has 0 radical (unpaired) electrons. The van der Waals surface area contributed by atoms with Gasteiger partial charge in [0.25, 0.3) is 11.8 Å². The van der Waals surface area contributed by atoms with Crippen LogP contribution in [0.5, 0.6) is 0 Å². The highest BCUT2D eigenvalue weighted by Gasteiger charge is 2.41. The van der Waals surface area contributed by atoms with Crippen LogP contribution in [0.4, 0.5) is 4.79 Å². The summed E-state index contributed by atoms with van der Waals surface area (Å²) in [6.07, 6.45) is -0.565. The summed E-state index contributed by atoms with van der Waals surface area (Å²) in [5.41, 5.74) is 5.70. The van der Waals surface area contributed by atoms with Gasteiger partial charge in [0.1, 0.15) is 12.7 Å². The predicted octanol–water partition coefficient (Wildman–Crippen LogP) is 6.16. The van der Waals surface area contributed by atoms with Crippen LogP contribution >= 0.6 is 0 Å². The van der Waals surface area contributed by atoms with E-state index in [2.05, 4.69) is 6.07 Å². The molecule has 4 aromatic rings. The smallest absolute Gasteiger partial charge is 0.417 e. The van der Waals surface area contributed by atoms with Gasteiger partial charge in [-0.25, -0.2) is 9.69 Å². The molecule has 1 saturated heterocycles. The summed E-state index contributed by atoms with van der Waals surface area (Å²) in [5.74, 6) is -0.404. The van der Waals surface area contributed by atoms with E-state index in [1.54, 1.807) is 11.9 Å². The van der Waals surface area contributed by atoms with Crippen LogP contribution in [-0.2, 0) is 33.7 Å². The number of nitrogens with zero attached hydrogens (tertiary/aromatic N) is 2. The molecule has 1 aliphatic rings. The lowest BCUT2D eigenvalue weighted by molar-refractivity contribution is -0.141. The molecule has 3 amide bonds. The Kier molecular flexibility index (Phi) is 9.64. The summed E-state index contributed by atoms with van der Waals surface area (Å²) < 4.78 is 11.1. The highest BCUT2D eigenvalue weighted by atomic mass is 16.6. The number of benzene rings is 4. The predicted molar refractivity (Wildman–Crippen MR) is 165 cm³/mol. The van der Waals surface area contributed by atoms with Crippen LogP contribution in [0.1, 0.15) is 34.0 Å². The van der Waals surface area contributed by atoms with Crippen molar-refractivity contribution in [3.05, 3.63) is 131 Å². The normalized spacial score (nSPS) is 15.2. The van der Waals surface area contributed by atoms with Crippen LogP contribution < -0.4 is 0 Å². The lowest BCUT2D eigenvalue weighted by atomic mass is 9.99. The van der Waals surface area contributed by atoms with E-state index in [1.807, 2.05) is 110 Å². The molecule has 0 aromatic heterocycles. The first-order valence-electron chi connectivity index (χ1n) is 14.6. The van der Waals surface area contributed by atoms with Crippen LogP contribution in [0.15, 0.2) is 109 Å². The number of cyclic esters (lactones) is 1. The minimum absolute atomic E-state index is 0.0256.